The lowest BCUT2D eigenvalue weighted by Gasteiger charge is -2.33. The van der Waals surface area contributed by atoms with Crippen molar-refractivity contribution < 1.29 is 17.9 Å². The molecule has 1 aromatic rings. The first-order chi connectivity index (χ1) is 11.3. The Bertz CT molecular complexity index is 652. The summed E-state index contributed by atoms with van der Waals surface area (Å²) in [6.45, 7) is 5.11. The molecule has 0 atom stereocenters. The van der Waals surface area contributed by atoms with Crippen LogP contribution in [-0.4, -0.2) is 81.9 Å². The van der Waals surface area contributed by atoms with Crippen LogP contribution < -0.4 is 4.74 Å². The van der Waals surface area contributed by atoms with Gasteiger partial charge < -0.3 is 14.5 Å². The third-order valence-electron chi connectivity index (χ3n) is 4.06. The Hall–Kier alpha value is -1.64. The number of nitrogens with zero attached hydrogens (tertiary/aromatic N) is 3. The second-order valence-corrected chi connectivity index (χ2v) is 7.89. The molecule has 0 aromatic heterocycles. The highest BCUT2D eigenvalue weighted by Crippen LogP contribution is 2.19. The molecule has 1 fully saturated rings. The van der Waals surface area contributed by atoms with E-state index in [9.17, 15) is 13.2 Å². The summed E-state index contributed by atoms with van der Waals surface area (Å²) in [6.07, 6.45) is 0. The van der Waals surface area contributed by atoms with Gasteiger partial charge in [0.1, 0.15) is 5.75 Å². The van der Waals surface area contributed by atoms with Crippen molar-refractivity contribution in [1.29, 1.82) is 0 Å². The first-order valence-corrected chi connectivity index (χ1v) is 9.44. The third kappa shape index (κ3) is 4.46. The van der Waals surface area contributed by atoms with Crippen LogP contribution in [0.3, 0.4) is 0 Å². The Morgan fingerprint density at radius 1 is 1.17 bits per heavy atom. The number of hydrogen-bond donors (Lipinski definition) is 0. The predicted molar refractivity (Wildman–Crippen MR) is 91.5 cm³/mol. The number of carbonyl (C=O) groups excluding carboxylic acids is 1. The molecule has 0 aliphatic carbocycles. The number of likely N-dealkylation sites (N-methyl/N-ethyl adjacent to an activating group) is 2. The molecule has 1 saturated heterocycles. The maximum absolute atomic E-state index is 12.6. The molecule has 1 heterocycles. The molecular weight excluding hydrogens is 330 g/mol. The number of carbonyl (C=O) groups is 1. The van der Waals surface area contributed by atoms with Gasteiger partial charge in [0.05, 0.1) is 18.0 Å². The van der Waals surface area contributed by atoms with Gasteiger partial charge in [0.15, 0.2) is 0 Å². The van der Waals surface area contributed by atoms with Crippen molar-refractivity contribution in [3.05, 3.63) is 24.3 Å². The molecule has 0 spiro atoms. The number of ether oxygens (including phenoxy) is 1. The fourth-order valence-corrected chi connectivity index (χ4v) is 3.61. The van der Waals surface area contributed by atoms with Gasteiger partial charge in [-0.2, -0.15) is 4.31 Å². The quantitative estimate of drug-likeness (QED) is 0.742. The highest BCUT2D eigenvalue weighted by atomic mass is 32.2. The molecule has 0 unspecified atom stereocenters. The Morgan fingerprint density at radius 2 is 1.75 bits per heavy atom. The van der Waals surface area contributed by atoms with E-state index >= 15 is 0 Å². The Balaban J connectivity index is 2.01. The van der Waals surface area contributed by atoms with Gasteiger partial charge in [-0.3, -0.25) is 4.79 Å². The van der Waals surface area contributed by atoms with Crippen LogP contribution in [0.1, 0.15) is 6.92 Å². The maximum atomic E-state index is 12.6. The molecule has 7 nitrogen and oxygen atoms in total. The molecule has 0 saturated carbocycles. The van der Waals surface area contributed by atoms with Gasteiger partial charge in [-0.1, -0.05) is 0 Å². The number of benzene rings is 1. The highest BCUT2D eigenvalue weighted by molar-refractivity contribution is 7.89. The molecule has 8 heteroatoms. The van der Waals surface area contributed by atoms with Crippen LogP contribution >= 0.6 is 0 Å². The Kier molecular flexibility index (Phi) is 6.20. The van der Waals surface area contributed by atoms with Crippen molar-refractivity contribution >= 4 is 15.9 Å². The van der Waals surface area contributed by atoms with E-state index in [-0.39, 0.29) is 17.3 Å². The minimum atomic E-state index is -3.70. The highest BCUT2D eigenvalue weighted by Gasteiger charge is 2.26. The van der Waals surface area contributed by atoms with Crippen LogP contribution in [0.2, 0.25) is 0 Å². The summed E-state index contributed by atoms with van der Waals surface area (Å²) in [6, 6.07) is 6.23. The number of piperazine rings is 1. The summed E-state index contributed by atoms with van der Waals surface area (Å²) >= 11 is 0. The maximum Gasteiger partial charge on any atom is 0.243 e. The Labute approximate surface area is 143 Å². The van der Waals surface area contributed by atoms with Gasteiger partial charge in [-0.15, -0.1) is 0 Å². The van der Waals surface area contributed by atoms with Crippen molar-refractivity contribution in [2.24, 2.45) is 0 Å². The zero-order valence-electron chi connectivity index (χ0n) is 14.4. The van der Waals surface area contributed by atoms with E-state index in [0.29, 0.717) is 25.4 Å². The lowest BCUT2D eigenvalue weighted by Crippen LogP contribution is -2.50. The van der Waals surface area contributed by atoms with E-state index in [1.165, 1.54) is 19.2 Å². The van der Waals surface area contributed by atoms with Gasteiger partial charge in [0, 0.05) is 33.2 Å². The largest absolute Gasteiger partial charge is 0.494 e. The van der Waals surface area contributed by atoms with Gasteiger partial charge >= 0.3 is 0 Å². The van der Waals surface area contributed by atoms with Crippen LogP contribution in [0.15, 0.2) is 29.2 Å². The van der Waals surface area contributed by atoms with Crippen LogP contribution in [0.25, 0.3) is 0 Å². The van der Waals surface area contributed by atoms with E-state index in [4.69, 9.17) is 4.74 Å². The van der Waals surface area contributed by atoms with E-state index < -0.39 is 10.0 Å². The zero-order chi connectivity index (χ0) is 17.7. The summed E-state index contributed by atoms with van der Waals surface area (Å²) in [7, 11) is -0.261. The zero-order valence-corrected chi connectivity index (χ0v) is 15.3. The minimum absolute atomic E-state index is 0.152. The molecule has 2 rings (SSSR count). The average molecular weight is 355 g/mol. The number of rotatable bonds is 6. The molecular formula is C16H25N3O4S. The van der Waals surface area contributed by atoms with Crippen molar-refractivity contribution in [1.82, 2.24) is 14.1 Å². The van der Waals surface area contributed by atoms with Gasteiger partial charge in [-0.05, 0) is 38.2 Å². The van der Waals surface area contributed by atoms with E-state index in [0.717, 1.165) is 17.4 Å². The van der Waals surface area contributed by atoms with Crippen LogP contribution in [0.4, 0.5) is 0 Å². The van der Waals surface area contributed by atoms with Crippen LogP contribution in [-0.2, 0) is 14.8 Å². The molecule has 24 heavy (non-hydrogen) atoms. The fourth-order valence-electron chi connectivity index (χ4n) is 2.49. The summed E-state index contributed by atoms with van der Waals surface area (Å²) in [5, 5.41) is 0. The van der Waals surface area contributed by atoms with Crippen molar-refractivity contribution in [2.75, 3.05) is 53.4 Å². The predicted octanol–water partition coefficient (Wildman–Crippen LogP) is 0.480. The lowest BCUT2D eigenvalue weighted by molar-refractivity contribution is -0.132. The first-order valence-electron chi connectivity index (χ1n) is 8.00. The summed E-state index contributed by atoms with van der Waals surface area (Å²) < 4.78 is 31.6. The second kappa shape index (κ2) is 7.96. The van der Waals surface area contributed by atoms with Crippen LogP contribution in [0.5, 0.6) is 5.75 Å². The molecule has 134 valence electrons. The summed E-state index contributed by atoms with van der Waals surface area (Å²) in [5.74, 6) is 0.452. The molecule has 0 radical (unpaired) electrons. The monoisotopic (exact) mass is 355 g/mol. The Morgan fingerprint density at radius 3 is 2.29 bits per heavy atom. The lowest BCUT2D eigenvalue weighted by atomic mass is 10.3. The first kappa shape index (κ1) is 18.7. The average Bonchev–Trinajstić information content (AvgIpc) is 2.56. The van der Waals surface area contributed by atoms with E-state index in [2.05, 4.69) is 4.90 Å². The van der Waals surface area contributed by atoms with E-state index in [1.54, 1.807) is 17.0 Å². The topological polar surface area (TPSA) is 70.2 Å². The second-order valence-electron chi connectivity index (χ2n) is 5.85. The molecule has 0 bridgehead atoms. The number of amides is 1. The van der Waals surface area contributed by atoms with Crippen LogP contribution in [0, 0.1) is 0 Å². The van der Waals surface area contributed by atoms with Gasteiger partial charge in [0.2, 0.25) is 15.9 Å². The van der Waals surface area contributed by atoms with Crippen molar-refractivity contribution in [3.8, 4) is 5.75 Å². The summed E-state index contributed by atoms with van der Waals surface area (Å²) in [5.41, 5.74) is 0. The molecule has 1 amide bonds. The third-order valence-corrected chi connectivity index (χ3v) is 5.87. The van der Waals surface area contributed by atoms with Gasteiger partial charge in [-0.25, -0.2) is 8.42 Å². The number of hydrogen-bond acceptors (Lipinski definition) is 5. The van der Waals surface area contributed by atoms with E-state index in [1.807, 2.05) is 14.0 Å². The number of sulfonamides is 1. The normalized spacial score (nSPS) is 16.4. The standard InChI is InChI=1S/C16H25N3O4S/c1-4-23-14-5-7-15(8-6-14)24(21,22)18(3)13-16(20)19-11-9-17(2)10-12-19/h5-8H,4,9-13H2,1-3H3. The van der Waals surface area contributed by atoms with Crippen molar-refractivity contribution in [2.45, 2.75) is 11.8 Å². The molecule has 0 N–H and O–H groups in total. The van der Waals surface area contributed by atoms with Gasteiger partial charge in [0.25, 0.3) is 0 Å². The van der Waals surface area contributed by atoms with Crippen molar-refractivity contribution in [3.63, 3.8) is 0 Å². The fraction of sp³-hybridized carbons (Fsp3) is 0.562. The SMILES string of the molecule is CCOc1ccc(S(=O)(=O)N(C)CC(=O)N2CCN(C)CC2)cc1. The molecule has 1 aromatic carbocycles. The minimum Gasteiger partial charge on any atom is -0.494 e. The smallest absolute Gasteiger partial charge is 0.243 e. The molecule has 1 aliphatic heterocycles. The summed E-state index contributed by atoms with van der Waals surface area (Å²) in [4.78, 5) is 16.3. The molecule has 1 aliphatic rings.